The number of hydrogen-bond donors (Lipinski definition) is 2. The Morgan fingerprint density at radius 3 is 2.52 bits per heavy atom. The number of ether oxygens (including phenoxy) is 1. The van der Waals surface area contributed by atoms with Crippen LogP contribution in [0.15, 0.2) is 54.6 Å². The number of rotatable bonds is 4. The molecule has 7 heteroatoms. The van der Waals surface area contributed by atoms with Crippen LogP contribution in [0, 0.1) is 0 Å². The number of carbonyl (C=O) groups excluding carboxylic acids is 2. The van der Waals surface area contributed by atoms with E-state index in [1.54, 1.807) is 29.0 Å². The van der Waals surface area contributed by atoms with Crippen LogP contribution in [0.25, 0.3) is 0 Å². The minimum Gasteiger partial charge on any atom is -0.497 e. The van der Waals surface area contributed by atoms with Crippen LogP contribution in [-0.2, 0) is 4.79 Å². The van der Waals surface area contributed by atoms with Crippen molar-refractivity contribution in [2.24, 2.45) is 0 Å². The molecule has 2 saturated heterocycles. The van der Waals surface area contributed by atoms with Gasteiger partial charge in [-0.05, 0) is 17.7 Å². The second kappa shape index (κ2) is 7.40. The summed E-state index contributed by atoms with van der Waals surface area (Å²) in [4.78, 5) is 28.5. The summed E-state index contributed by atoms with van der Waals surface area (Å²) in [6, 6.07) is 16.6. The van der Waals surface area contributed by atoms with Gasteiger partial charge in [0.25, 0.3) is 0 Å². The van der Waals surface area contributed by atoms with Crippen molar-refractivity contribution < 1.29 is 19.4 Å². The van der Waals surface area contributed by atoms with E-state index >= 15 is 0 Å². The molecular weight excluding hydrogens is 370 g/mol. The number of carbonyl (C=O) groups is 2. The first-order chi connectivity index (χ1) is 14.0. The summed E-state index contributed by atoms with van der Waals surface area (Å²) in [7, 11) is 1.58. The van der Waals surface area contributed by atoms with Crippen LogP contribution in [0.5, 0.6) is 5.75 Å². The topological polar surface area (TPSA) is 82.1 Å². The summed E-state index contributed by atoms with van der Waals surface area (Å²) in [5.41, 5.74) is 1.27. The van der Waals surface area contributed by atoms with Gasteiger partial charge in [0.2, 0.25) is 5.91 Å². The molecule has 0 saturated carbocycles. The number of anilines is 1. The third kappa shape index (κ3) is 3.11. The average molecular weight is 395 g/mol. The fourth-order valence-electron chi connectivity index (χ4n) is 4.84. The Morgan fingerprint density at radius 2 is 1.90 bits per heavy atom. The molecule has 2 aliphatic heterocycles. The van der Waals surface area contributed by atoms with Crippen LogP contribution < -0.4 is 10.1 Å². The first-order valence-corrected chi connectivity index (χ1v) is 9.66. The Kier molecular flexibility index (Phi) is 4.92. The van der Waals surface area contributed by atoms with Crippen LogP contribution in [0.4, 0.5) is 10.5 Å². The zero-order chi connectivity index (χ0) is 20.6. The third-order valence-corrected chi connectivity index (χ3v) is 6.00. The maximum absolute atomic E-state index is 12.7. The summed E-state index contributed by atoms with van der Waals surface area (Å²) in [6.45, 7) is 2.28. The standard InChI is InChI=1S/C22H25N3O4/c1-15(27)25-19(12-26)20(16-7-4-3-5-8-16)22(25)13-24(14-22)21(28)23-17-9-6-10-18(11-17)29-2/h3-11,19-20,26H,12-14H2,1-2H3,(H,23,28)/t19-,20+/m1/s1. The van der Waals surface area contributed by atoms with Crippen molar-refractivity contribution in [3.63, 3.8) is 0 Å². The smallest absolute Gasteiger partial charge is 0.322 e. The highest BCUT2D eigenvalue weighted by molar-refractivity contribution is 5.91. The van der Waals surface area contributed by atoms with Crippen molar-refractivity contribution in [1.29, 1.82) is 0 Å². The summed E-state index contributed by atoms with van der Waals surface area (Å²) in [6.07, 6.45) is 0. The number of nitrogens with zero attached hydrogens (tertiary/aromatic N) is 2. The molecule has 7 nitrogen and oxygen atoms in total. The highest BCUT2D eigenvalue weighted by atomic mass is 16.5. The van der Waals surface area contributed by atoms with Crippen molar-refractivity contribution in [3.8, 4) is 5.75 Å². The maximum Gasteiger partial charge on any atom is 0.322 e. The van der Waals surface area contributed by atoms with E-state index < -0.39 is 5.54 Å². The highest BCUT2D eigenvalue weighted by Crippen LogP contribution is 2.53. The van der Waals surface area contributed by atoms with E-state index in [2.05, 4.69) is 5.32 Å². The van der Waals surface area contributed by atoms with Crippen LogP contribution in [0.3, 0.4) is 0 Å². The lowest BCUT2D eigenvalue weighted by Crippen LogP contribution is -2.86. The minimum atomic E-state index is -0.466. The Morgan fingerprint density at radius 1 is 1.17 bits per heavy atom. The number of nitrogens with one attached hydrogen (secondary N) is 1. The van der Waals surface area contributed by atoms with Crippen LogP contribution in [0.2, 0.25) is 0 Å². The van der Waals surface area contributed by atoms with Gasteiger partial charge in [-0.1, -0.05) is 36.4 Å². The summed E-state index contributed by atoms with van der Waals surface area (Å²) in [5.74, 6) is 0.585. The molecule has 3 amide bonds. The number of urea groups is 1. The van der Waals surface area contributed by atoms with Gasteiger partial charge in [0, 0.05) is 37.7 Å². The normalized spacial score (nSPS) is 21.9. The minimum absolute atomic E-state index is 0.00142. The zero-order valence-electron chi connectivity index (χ0n) is 16.5. The lowest BCUT2D eigenvalue weighted by Gasteiger charge is -2.70. The van der Waals surface area contributed by atoms with Crippen molar-refractivity contribution >= 4 is 17.6 Å². The summed E-state index contributed by atoms with van der Waals surface area (Å²) >= 11 is 0. The predicted octanol–water partition coefficient (Wildman–Crippen LogP) is 2.29. The van der Waals surface area contributed by atoms with Gasteiger partial charge in [0.1, 0.15) is 5.75 Å². The Balaban J connectivity index is 1.51. The molecule has 1 spiro atoms. The molecule has 0 aromatic heterocycles. The van der Waals surface area contributed by atoms with Crippen molar-refractivity contribution in [1.82, 2.24) is 9.80 Å². The van der Waals surface area contributed by atoms with Crippen LogP contribution in [-0.4, -0.2) is 65.2 Å². The van der Waals surface area contributed by atoms with Gasteiger partial charge in [0.15, 0.2) is 0 Å². The Hall–Kier alpha value is -3.06. The molecule has 2 heterocycles. The molecule has 152 valence electrons. The number of aliphatic hydroxyl groups excluding tert-OH is 1. The van der Waals surface area contributed by atoms with Gasteiger partial charge >= 0.3 is 6.03 Å². The van der Waals surface area contributed by atoms with E-state index in [4.69, 9.17) is 4.74 Å². The average Bonchev–Trinajstić information content (AvgIpc) is 2.67. The fraction of sp³-hybridized carbons (Fsp3) is 0.364. The fourth-order valence-corrected chi connectivity index (χ4v) is 4.84. The number of methoxy groups -OCH3 is 1. The van der Waals surface area contributed by atoms with E-state index in [0.717, 1.165) is 5.56 Å². The molecule has 29 heavy (non-hydrogen) atoms. The maximum atomic E-state index is 12.7. The van der Waals surface area contributed by atoms with Gasteiger partial charge in [-0.15, -0.1) is 0 Å². The molecular formula is C22H25N3O4. The Labute approximate surface area is 169 Å². The largest absolute Gasteiger partial charge is 0.497 e. The lowest BCUT2D eigenvalue weighted by molar-refractivity contribution is -0.190. The molecule has 0 unspecified atom stereocenters. The number of likely N-dealkylation sites (tertiary alicyclic amines) is 2. The SMILES string of the molecule is COc1cccc(NC(=O)N2CC3(C2)[C@@H](c2ccccc2)[C@@H](CO)N3C(C)=O)c1. The second-order valence-corrected chi connectivity index (χ2v) is 7.65. The van der Waals surface area contributed by atoms with E-state index in [-0.39, 0.29) is 30.5 Å². The zero-order valence-corrected chi connectivity index (χ0v) is 16.5. The van der Waals surface area contributed by atoms with Crippen LogP contribution in [0.1, 0.15) is 18.4 Å². The number of hydrogen-bond acceptors (Lipinski definition) is 4. The molecule has 2 fully saturated rings. The molecule has 2 atom stereocenters. The quantitative estimate of drug-likeness (QED) is 0.832. The van der Waals surface area contributed by atoms with E-state index in [0.29, 0.717) is 24.5 Å². The van der Waals surface area contributed by atoms with E-state index in [1.165, 1.54) is 6.92 Å². The molecule has 2 N–H and O–H groups in total. The molecule has 2 aliphatic rings. The highest BCUT2D eigenvalue weighted by Gasteiger charge is 2.67. The Bertz CT molecular complexity index is 911. The van der Waals surface area contributed by atoms with Gasteiger partial charge in [-0.2, -0.15) is 0 Å². The van der Waals surface area contributed by atoms with Gasteiger partial charge < -0.3 is 25.0 Å². The van der Waals surface area contributed by atoms with Gasteiger partial charge in [-0.25, -0.2) is 4.79 Å². The van der Waals surface area contributed by atoms with Gasteiger partial charge in [-0.3, -0.25) is 4.79 Å². The van der Waals surface area contributed by atoms with Gasteiger partial charge in [0.05, 0.1) is 25.3 Å². The second-order valence-electron chi connectivity index (χ2n) is 7.65. The summed E-state index contributed by atoms with van der Waals surface area (Å²) in [5, 5.41) is 12.8. The molecule has 0 radical (unpaired) electrons. The van der Waals surface area contributed by atoms with E-state index in [9.17, 15) is 14.7 Å². The number of benzene rings is 2. The lowest BCUT2D eigenvalue weighted by atomic mass is 9.60. The predicted molar refractivity (Wildman–Crippen MR) is 109 cm³/mol. The van der Waals surface area contributed by atoms with E-state index in [1.807, 2.05) is 42.5 Å². The first kappa shape index (κ1) is 19.3. The molecule has 4 rings (SSSR count). The van der Waals surface area contributed by atoms with Crippen molar-refractivity contribution in [2.75, 3.05) is 32.1 Å². The molecule has 0 aliphatic carbocycles. The molecule has 2 aromatic rings. The monoisotopic (exact) mass is 395 g/mol. The van der Waals surface area contributed by atoms with Crippen LogP contribution >= 0.6 is 0 Å². The number of aliphatic hydroxyl groups is 1. The number of amides is 3. The first-order valence-electron chi connectivity index (χ1n) is 9.66. The third-order valence-electron chi connectivity index (χ3n) is 6.00. The summed E-state index contributed by atoms with van der Waals surface area (Å²) < 4.78 is 5.19. The van der Waals surface area contributed by atoms with Crippen molar-refractivity contribution in [3.05, 3.63) is 60.2 Å². The van der Waals surface area contributed by atoms with Crippen molar-refractivity contribution in [2.45, 2.75) is 24.4 Å². The molecule has 2 aromatic carbocycles. The molecule has 0 bridgehead atoms.